The SMILES string of the molecule is COc1cnn(C)c1C(=O)CCC1CCCC1. The highest BCUT2D eigenvalue weighted by atomic mass is 16.5. The summed E-state index contributed by atoms with van der Waals surface area (Å²) in [6, 6.07) is 0. The molecular weight excluding hydrogens is 216 g/mol. The zero-order valence-corrected chi connectivity index (χ0v) is 10.6. The van der Waals surface area contributed by atoms with Crippen molar-refractivity contribution in [3.05, 3.63) is 11.9 Å². The summed E-state index contributed by atoms with van der Waals surface area (Å²) in [5.74, 6) is 1.48. The van der Waals surface area contributed by atoms with Gasteiger partial charge in [0.15, 0.2) is 11.5 Å². The van der Waals surface area contributed by atoms with E-state index in [1.165, 1.54) is 25.7 Å². The monoisotopic (exact) mass is 236 g/mol. The Hall–Kier alpha value is -1.32. The minimum atomic E-state index is 0.147. The number of ether oxygens (including phenoxy) is 1. The minimum Gasteiger partial charge on any atom is -0.493 e. The molecule has 17 heavy (non-hydrogen) atoms. The summed E-state index contributed by atoms with van der Waals surface area (Å²) in [6.45, 7) is 0. The lowest BCUT2D eigenvalue weighted by Crippen LogP contribution is -2.09. The number of rotatable bonds is 5. The van der Waals surface area contributed by atoms with Gasteiger partial charge in [-0.2, -0.15) is 5.10 Å². The Labute approximate surface area is 102 Å². The summed E-state index contributed by atoms with van der Waals surface area (Å²) in [7, 11) is 3.36. The van der Waals surface area contributed by atoms with Gasteiger partial charge >= 0.3 is 0 Å². The average molecular weight is 236 g/mol. The van der Waals surface area contributed by atoms with E-state index in [2.05, 4.69) is 5.10 Å². The van der Waals surface area contributed by atoms with Crippen LogP contribution in [-0.4, -0.2) is 22.7 Å². The third kappa shape index (κ3) is 2.68. The van der Waals surface area contributed by atoms with E-state index in [0.29, 0.717) is 17.9 Å². The van der Waals surface area contributed by atoms with E-state index in [1.807, 2.05) is 0 Å². The van der Waals surface area contributed by atoms with Crippen LogP contribution in [0, 0.1) is 5.92 Å². The standard InChI is InChI=1S/C13H20N2O2/c1-15-13(12(17-2)9-14-15)11(16)8-7-10-5-3-4-6-10/h9-10H,3-8H2,1-2H3. The first-order valence-corrected chi connectivity index (χ1v) is 6.31. The first-order chi connectivity index (χ1) is 8.22. The zero-order chi connectivity index (χ0) is 12.3. The molecule has 1 saturated carbocycles. The van der Waals surface area contributed by atoms with Gasteiger partial charge in [-0.15, -0.1) is 0 Å². The van der Waals surface area contributed by atoms with Crippen molar-refractivity contribution in [3.8, 4) is 5.75 Å². The van der Waals surface area contributed by atoms with Crippen molar-refractivity contribution >= 4 is 5.78 Å². The number of carbonyl (C=O) groups excluding carboxylic acids is 1. The van der Waals surface area contributed by atoms with Gasteiger partial charge in [0, 0.05) is 13.5 Å². The highest BCUT2D eigenvalue weighted by Crippen LogP contribution is 2.29. The maximum Gasteiger partial charge on any atom is 0.184 e. The first-order valence-electron chi connectivity index (χ1n) is 6.31. The molecule has 0 spiro atoms. The lowest BCUT2D eigenvalue weighted by atomic mass is 9.99. The summed E-state index contributed by atoms with van der Waals surface area (Å²) < 4.78 is 6.76. The fourth-order valence-electron chi connectivity index (χ4n) is 2.64. The van der Waals surface area contributed by atoms with Crippen molar-refractivity contribution < 1.29 is 9.53 Å². The van der Waals surface area contributed by atoms with Crippen LogP contribution in [0.2, 0.25) is 0 Å². The van der Waals surface area contributed by atoms with Crippen LogP contribution in [-0.2, 0) is 7.05 Å². The van der Waals surface area contributed by atoms with Crippen LogP contribution in [0.15, 0.2) is 6.20 Å². The number of ketones is 1. The largest absolute Gasteiger partial charge is 0.493 e. The third-order valence-electron chi connectivity index (χ3n) is 3.64. The zero-order valence-electron chi connectivity index (χ0n) is 10.6. The smallest absolute Gasteiger partial charge is 0.184 e. The molecule has 0 radical (unpaired) electrons. The molecule has 2 rings (SSSR count). The van der Waals surface area contributed by atoms with Crippen molar-refractivity contribution in [2.45, 2.75) is 38.5 Å². The van der Waals surface area contributed by atoms with Crippen LogP contribution in [0.4, 0.5) is 0 Å². The first kappa shape index (κ1) is 12.1. The molecule has 4 nitrogen and oxygen atoms in total. The predicted octanol–water partition coefficient (Wildman–Crippen LogP) is 2.58. The average Bonchev–Trinajstić information content (AvgIpc) is 2.94. The van der Waals surface area contributed by atoms with Gasteiger partial charge in [-0.3, -0.25) is 9.48 Å². The summed E-state index contributed by atoms with van der Waals surface area (Å²) >= 11 is 0. The lowest BCUT2D eigenvalue weighted by molar-refractivity contribution is 0.0961. The molecule has 1 aliphatic carbocycles. The fraction of sp³-hybridized carbons (Fsp3) is 0.692. The van der Waals surface area contributed by atoms with Crippen LogP contribution < -0.4 is 4.74 Å². The molecule has 0 aliphatic heterocycles. The van der Waals surface area contributed by atoms with E-state index in [4.69, 9.17) is 4.74 Å². The van der Waals surface area contributed by atoms with E-state index in [0.717, 1.165) is 12.3 Å². The number of hydrogen-bond acceptors (Lipinski definition) is 3. The van der Waals surface area contributed by atoms with Crippen molar-refractivity contribution in [1.82, 2.24) is 9.78 Å². The molecule has 1 heterocycles. The predicted molar refractivity (Wildman–Crippen MR) is 65.3 cm³/mol. The van der Waals surface area contributed by atoms with E-state index in [-0.39, 0.29) is 5.78 Å². The molecular formula is C13H20N2O2. The number of hydrogen-bond donors (Lipinski definition) is 0. The quantitative estimate of drug-likeness (QED) is 0.738. The number of Topliss-reactive ketones (excluding diaryl/α,β-unsaturated/α-hetero) is 1. The molecule has 0 amide bonds. The van der Waals surface area contributed by atoms with Crippen molar-refractivity contribution in [3.63, 3.8) is 0 Å². The minimum absolute atomic E-state index is 0.147. The Morgan fingerprint density at radius 1 is 1.53 bits per heavy atom. The van der Waals surface area contributed by atoms with Gasteiger partial charge in [0.2, 0.25) is 0 Å². The van der Waals surface area contributed by atoms with Crippen molar-refractivity contribution in [1.29, 1.82) is 0 Å². The highest BCUT2D eigenvalue weighted by Gasteiger charge is 2.20. The number of aryl methyl sites for hydroxylation is 1. The molecule has 0 saturated heterocycles. The van der Waals surface area contributed by atoms with Gasteiger partial charge in [-0.1, -0.05) is 25.7 Å². The molecule has 0 aromatic carbocycles. The number of nitrogens with zero attached hydrogens (tertiary/aromatic N) is 2. The number of carbonyl (C=O) groups is 1. The Morgan fingerprint density at radius 3 is 2.88 bits per heavy atom. The third-order valence-corrected chi connectivity index (χ3v) is 3.64. The van der Waals surface area contributed by atoms with Gasteiger partial charge in [-0.25, -0.2) is 0 Å². The van der Waals surface area contributed by atoms with Crippen LogP contribution in [0.3, 0.4) is 0 Å². The van der Waals surface area contributed by atoms with Gasteiger partial charge in [0.1, 0.15) is 5.69 Å². The molecule has 1 fully saturated rings. The van der Waals surface area contributed by atoms with Gasteiger partial charge < -0.3 is 4.74 Å². The second-order valence-corrected chi connectivity index (χ2v) is 4.80. The van der Waals surface area contributed by atoms with E-state index in [9.17, 15) is 4.79 Å². The van der Waals surface area contributed by atoms with Crippen LogP contribution in [0.1, 0.15) is 49.0 Å². The molecule has 4 heteroatoms. The van der Waals surface area contributed by atoms with E-state index < -0.39 is 0 Å². The van der Waals surface area contributed by atoms with Crippen LogP contribution in [0.25, 0.3) is 0 Å². The van der Waals surface area contributed by atoms with Gasteiger partial charge in [0.25, 0.3) is 0 Å². The van der Waals surface area contributed by atoms with Crippen molar-refractivity contribution in [2.24, 2.45) is 13.0 Å². The van der Waals surface area contributed by atoms with E-state index >= 15 is 0 Å². The van der Waals surface area contributed by atoms with Gasteiger partial charge in [0.05, 0.1) is 13.3 Å². The Bertz CT molecular complexity index is 392. The summed E-state index contributed by atoms with van der Waals surface area (Å²) in [5.41, 5.74) is 0.602. The second kappa shape index (κ2) is 5.34. The van der Waals surface area contributed by atoms with E-state index in [1.54, 1.807) is 25.0 Å². The molecule has 0 unspecified atom stereocenters. The molecule has 0 atom stereocenters. The second-order valence-electron chi connectivity index (χ2n) is 4.80. The molecule has 0 N–H and O–H groups in total. The van der Waals surface area contributed by atoms with Crippen LogP contribution in [0.5, 0.6) is 5.75 Å². The summed E-state index contributed by atoms with van der Waals surface area (Å²) in [6.07, 6.45) is 8.45. The Morgan fingerprint density at radius 2 is 2.24 bits per heavy atom. The van der Waals surface area contributed by atoms with Gasteiger partial charge in [-0.05, 0) is 12.3 Å². The molecule has 1 aromatic rings. The highest BCUT2D eigenvalue weighted by molar-refractivity contribution is 5.96. The summed E-state index contributed by atoms with van der Waals surface area (Å²) in [4.78, 5) is 12.1. The Balaban J connectivity index is 1.96. The van der Waals surface area contributed by atoms with Crippen molar-refractivity contribution in [2.75, 3.05) is 7.11 Å². The number of aromatic nitrogens is 2. The summed E-state index contributed by atoms with van der Waals surface area (Å²) in [5, 5.41) is 4.06. The molecule has 1 aromatic heterocycles. The molecule has 94 valence electrons. The maximum absolute atomic E-state index is 12.1. The molecule has 1 aliphatic rings. The van der Waals surface area contributed by atoms with Crippen LogP contribution >= 0.6 is 0 Å². The Kier molecular flexibility index (Phi) is 3.82. The molecule has 0 bridgehead atoms. The lowest BCUT2D eigenvalue weighted by Gasteiger charge is -2.08. The number of methoxy groups -OCH3 is 1. The fourth-order valence-corrected chi connectivity index (χ4v) is 2.64. The normalized spacial score (nSPS) is 16.4. The topological polar surface area (TPSA) is 44.1 Å². The maximum atomic E-state index is 12.1.